The monoisotopic (exact) mass is 460 g/mol. The maximum absolute atomic E-state index is 10.8. The maximum Gasteiger partial charge on any atom is 0.227 e. The van der Waals surface area contributed by atoms with E-state index in [1.54, 1.807) is 6.07 Å². The summed E-state index contributed by atoms with van der Waals surface area (Å²) in [4.78, 5) is 24.7. The van der Waals surface area contributed by atoms with Crippen LogP contribution in [-0.4, -0.2) is 65.0 Å². The highest BCUT2D eigenvalue weighted by molar-refractivity contribution is 5.85. The molecule has 8 heteroatoms. The molecule has 2 heterocycles. The third-order valence-corrected chi connectivity index (χ3v) is 7.04. The van der Waals surface area contributed by atoms with Gasteiger partial charge in [0.1, 0.15) is 12.0 Å². The van der Waals surface area contributed by atoms with Crippen molar-refractivity contribution in [2.45, 2.75) is 37.6 Å². The number of aromatic nitrogens is 2. The molecule has 8 nitrogen and oxygen atoms in total. The molecule has 2 aromatic carbocycles. The number of aromatic hydroxyl groups is 1. The molecular weight excluding hydrogens is 428 g/mol. The lowest BCUT2D eigenvalue weighted by Crippen LogP contribution is -2.50. The van der Waals surface area contributed by atoms with Gasteiger partial charge in [0.25, 0.3) is 0 Å². The van der Waals surface area contributed by atoms with Crippen LogP contribution in [0.2, 0.25) is 0 Å². The molecule has 0 bridgehead atoms. The first kappa shape index (κ1) is 22.6. The summed E-state index contributed by atoms with van der Waals surface area (Å²) in [6, 6.07) is 11.5. The molecule has 1 aromatic heterocycles. The minimum Gasteiger partial charge on any atom is -0.508 e. The minimum atomic E-state index is -0.410. The van der Waals surface area contributed by atoms with Gasteiger partial charge in [-0.25, -0.2) is 9.97 Å². The van der Waals surface area contributed by atoms with Crippen molar-refractivity contribution in [3.8, 4) is 5.75 Å². The van der Waals surface area contributed by atoms with Crippen molar-refractivity contribution < 1.29 is 9.90 Å². The number of piperazine rings is 1. The molecule has 1 unspecified atom stereocenters. The number of hydrogen-bond donors (Lipinski definition) is 3. The van der Waals surface area contributed by atoms with Crippen LogP contribution in [0.5, 0.6) is 5.75 Å². The van der Waals surface area contributed by atoms with Gasteiger partial charge in [-0.3, -0.25) is 4.90 Å². The molecule has 1 atom stereocenters. The number of aldehydes is 1. The summed E-state index contributed by atoms with van der Waals surface area (Å²) in [5.74, 6) is 1.23. The molecule has 0 amide bonds. The highest BCUT2D eigenvalue weighted by Crippen LogP contribution is 2.41. The molecule has 4 N–H and O–H groups in total. The normalized spacial score (nSPS) is 18.3. The van der Waals surface area contributed by atoms with Crippen LogP contribution in [0.15, 0.2) is 42.6 Å². The fourth-order valence-corrected chi connectivity index (χ4v) is 5.20. The lowest BCUT2D eigenvalue weighted by molar-refractivity contribution is -0.109. The predicted molar refractivity (Wildman–Crippen MR) is 135 cm³/mol. The number of phenolic OH excluding ortho intramolecular Hbond substituents is 1. The Balaban J connectivity index is 1.27. The van der Waals surface area contributed by atoms with Crippen molar-refractivity contribution in [3.63, 3.8) is 0 Å². The Labute approximate surface area is 199 Å². The number of rotatable bonds is 7. The summed E-state index contributed by atoms with van der Waals surface area (Å²) in [6.45, 7) is 4.20. The highest BCUT2D eigenvalue weighted by atomic mass is 16.3. The number of nitrogens with one attached hydrogen (secondary N) is 1. The SMILES string of the molecule is NC(C=O)CN1CCN(c2ccc(Nc3ncc4ccc(O)c(C5CCCC5)c4n3)cc2)CC1. The molecule has 34 heavy (non-hydrogen) atoms. The lowest BCUT2D eigenvalue weighted by Gasteiger charge is -2.36. The van der Waals surface area contributed by atoms with Gasteiger partial charge in [-0.2, -0.15) is 0 Å². The number of anilines is 3. The molecule has 2 aliphatic rings. The van der Waals surface area contributed by atoms with Gasteiger partial charge in [-0.1, -0.05) is 12.8 Å². The molecule has 1 aliphatic carbocycles. The van der Waals surface area contributed by atoms with Crippen molar-refractivity contribution >= 4 is 34.5 Å². The van der Waals surface area contributed by atoms with Crippen LogP contribution in [0.4, 0.5) is 17.3 Å². The van der Waals surface area contributed by atoms with Crippen LogP contribution in [0.1, 0.15) is 37.2 Å². The number of nitrogens with zero attached hydrogens (tertiary/aromatic N) is 4. The van der Waals surface area contributed by atoms with Crippen LogP contribution in [0, 0.1) is 0 Å². The van der Waals surface area contributed by atoms with E-state index in [0.717, 1.165) is 73.1 Å². The van der Waals surface area contributed by atoms with Crippen LogP contribution >= 0.6 is 0 Å². The Morgan fingerprint density at radius 1 is 1.09 bits per heavy atom. The van der Waals surface area contributed by atoms with Crippen molar-refractivity contribution in [1.29, 1.82) is 0 Å². The van der Waals surface area contributed by atoms with Gasteiger partial charge in [-0.15, -0.1) is 0 Å². The van der Waals surface area contributed by atoms with E-state index >= 15 is 0 Å². The van der Waals surface area contributed by atoms with Gasteiger partial charge in [0.2, 0.25) is 5.95 Å². The first-order valence-corrected chi connectivity index (χ1v) is 12.1. The Hall–Kier alpha value is -3.23. The van der Waals surface area contributed by atoms with Crippen LogP contribution in [0.3, 0.4) is 0 Å². The summed E-state index contributed by atoms with van der Waals surface area (Å²) in [7, 11) is 0. The molecular formula is C26H32N6O2. The average Bonchev–Trinajstić information content (AvgIpc) is 3.39. The number of carbonyl (C=O) groups excluding carboxylic acids is 1. The van der Waals surface area contributed by atoms with Crippen molar-refractivity contribution in [3.05, 3.63) is 48.2 Å². The fourth-order valence-electron chi connectivity index (χ4n) is 5.20. The van der Waals surface area contributed by atoms with Gasteiger partial charge in [0, 0.05) is 61.2 Å². The van der Waals surface area contributed by atoms with Crippen LogP contribution in [0.25, 0.3) is 10.9 Å². The Kier molecular flexibility index (Phi) is 6.60. The zero-order chi connectivity index (χ0) is 23.5. The Morgan fingerprint density at radius 2 is 1.82 bits per heavy atom. The first-order chi connectivity index (χ1) is 16.6. The molecule has 178 valence electrons. The zero-order valence-corrected chi connectivity index (χ0v) is 19.4. The van der Waals surface area contributed by atoms with Gasteiger partial charge in [0.15, 0.2) is 0 Å². The summed E-state index contributed by atoms with van der Waals surface area (Å²) < 4.78 is 0. The van der Waals surface area contributed by atoms with E-state index in [0.29, 0.717) is 24.2 Å². The zero-order valence-electron chi connectivity index (χ0n) is 19.4. The number of phenols is 1. The number of carbonyl (C=O) groups is 1. The summed E-state index contributed by atoms with van der Waals surface area (Å²) in [5.41, 5.74) is 9.64. The second-order valence-electron chi connectivity index (χ2n) is 9.37. The van der Waals surface area contributed by atoms with E-state index in [9.17, 15) is 9.90 Å². The molecule has 1 saturated heterocycles. The molecule has 3 aromatic rings. The van der Waals surface area contributed by atoms with Gasteiger partial charge in [0.05, 0.1) is 11.6 Å². The van der Waals surface area contributed by atoms with Crippen LogP contribution in [-0.2, 0) is 4.79 Å². The van der Waals surface area contributed by atoms with Crippen LogP contribution < -0.4 is 16.0 Å². The largest absolute Gasteiger partial charge is 0.508 e. The first-order valence-electron chi connectivity index (χ1n) is 12.1. The Bertz CT molecular complexity index is 1140. The summed E-state index contributed by atoms with van der Waals surface area (Å²) >= 11 is 0. The lowest BCUT2D eigenvalue weighted by atomic mass is 9.94. The Morgan fingerprint density at radius 3 is 2.53 bits per heavy atom. The smallest absolute Gasteiger partial charge is 0.227 e. The van der Waals surface area contributed by atoms with Gasteiger partial charge < -0.3 is 25.9 Å². The van der Waals surface area contributed by atoms with E-state index < -0.39 is 6.04 Å². The van der Waals surface area contributed by atoms with Crippen molar-refractivity contribution in [1.82, 2.24) is 14.9 Å². The minimum absolute atomic E-state index is 0.335. The highest BCUT2D eigenvalue weighted by Gasteiger charge is 2.23. The van der Waals surface area contributed by atoms with Gasteiger partial charge in [-0.05, 0) is 55.2 Å². The molecule has 0 spiro atoms. The van der Waals surface area contributed by atoms with E-state index in [2.05, 4.69) is 32.2 Å². The quantitative estimate of drug-likeness (QED) is 0.461. The predicted octanol–water partition coefficient (Wildman–Crippen LogP) is 3.38. The standard InChI is InChI=1S/C26H32N6O2/c27-20(17-33)16-31-11-13-32(14-12-31)22-8-6-21(7-9-22)29-26-28-15-19-5-10-23(34)24(25(19)30-26)18-3-1-2-4-18/h5-10,15,17-18,20,34H,1-4,11-14,16,27H2,(H,28,29,30). The summed E-state index contributed by atoms with van der Waals surface area (Å²) in [5, 5.41) is 14.8. The number of nitrogens with two attached hydrogens (primary N) is 1. The molecule has 1 saturated carbocycles. The summed E-state index contributed by atoms with van der Waals surface area (Å²) in [6.07, 6.45) is 7.23. The number of fused-ring (bicyclic) bond motifs is 1. The van der Waals surface area contributed by atoms with E-state index in [4.69, 9.17) is 10.7 Å². The van der Waals surface area contributed by atoms with Crippen molar-refractivity contribution in [2.24, 2.45) is 5.73 Å². The fraction of sp³-hybridized carbons (Fsp3) is 0.423. The van der Waals surface area contributed by atoms with E-state index in [1.165, 1.54) is 12.8 Å². The molecule has 5 rings (SSSR count). The molecule has 2 fully saturated rings. The third kappa shape index (κ3) is 4.83. The van der Waals surface area contributed by atoms with Crippen molar-refractivity contribution in [2.75, 3.05) is 42.9 Å². The third-order valence-electron chi connectivity index (χ3n) is 7.04. The maximum atomic E-state index is 10.8. The molecule has 1 aliphatic heterocycles. The van der Waals surface area contributed by atoms with E-state index in [-0.39, 0.29) is 0 Å². The van der Waals surface area contributed by atoms with E-state index in [1.807, 2.05) is 24.4 Å². The van der Waals surface area contributed by atoms with Gasteiger partial charge >= 0.3 is 0 Å². The second kappa shape index (κ2) is 9.95. The second-order valence-corrected chi connectivity index (χ2v) is 9.37. The number of hydrogen-bond acceptors (Lipinski definition) is 8. The topological polar surface area (TPSA) is 108 Å². The molecule has 0 radical (unpaired) electrons. The number of benzene rings is 2. The average molecular weight is 461 g/mol.